The number of methoxy groups -OCH3 is 2. The predicted molar refractivity (Wildman–Crippen MR) is 98.3 cm³/mol. The maximum atomic E-state index is 5.91. The molecular weight excluding hydrogens is 397 g/mol. The van der Waals surface area contributed by atoms with Crippen LogP contribution in [0.3, 0.4) is 0 Å². The average molecular weight is 419 g/mol. The summed E-state index contributed by atoms with van der Waals surface area (Å²) in [6.45, 7) is 0.523. The first-order valence-electron chi connectivity index (χ1n) is 6.82. The van der Waals surface area contributed by atoms with E-state index in [2.05, 4.69) is 10.3 Å². The van der Waals surface area contributed by atoms with E-state index in [1.54, 1.807) is 26.5 Å². The summed E-state index contributed by atoms with van der Waals surface area (Å²) < 4.78 is 15.9. The fourth-order valence-corrected chi connectivity index (χ4v) is 2.01. The Morgan fingerprint density at radius 3 is 2.86 bits per heavy atom. The molecule has 0 aliphatic carbocycles. The molecular formula is C15H22IN3O3. The number of anilines is 1. The molecule has 3 N–H and O–H groups in total. The van der Waals surface area contributed by atoms with Gasteiger partial charge < -0.3 is 25.3 Å². The van der Waals surface area contributed by atoms with E-state index in [4.69, 9.17) is 19.9 Å². The minimum atomic E-state index is 0. The lowest BCUT2D eigenvalue weighted by Crippen LogP contribution is -2.26. The lowest BCUT2D eigenvalue weighted by Gasteiger charge is -2.17. The number of allylic oxidation sites excluding steroid dienone is 1. The molecule has 1 aromatic rings. The highest BCUT2D eigenvalue weighted by atomic mass is 127. The molecule has 7 heteroatoms. The van der Waals surface area contributed by atoms with E-state index in [0.29, 0.717) is 29.7 Å². The van der Waals surface area contributed by atoms with Crippen molar-refractivity contribution in [1.29, 1.82) is 0 Å². The lowest BCUT2D eigenvalue weighted by molar-refractivity contribution is 0.131. The van der Waals surface area contributed by atoms with Crippen molar-refractivity contribution in [2.45, 2.75) is 18.9 Å². The fraction of sp³-hybridized carbons (Fsp3) is 0.400. The molecule has 0 radical (unpaired) electrons. The van der Waals surface area contributed by atoms with Crippen LogP contribution in [-0.2, 0) is 4.74 Å². The van der Waals surface area contributed by atoms with Gasteiger partial charge >= 0.3 is 0 Å². The van der Waals surface area contributed by atoms with Crippen LogP contribution in [0.5, 0.6) is 11.5 Å². The van der Waals surface area contributed by atoms with Gasteiger partial charge in [-0.3, -0.25) is 0 Å². The van der Waals surface area contributed by atoms with Gasteiger partial charge in [0.25, 0.3) is 0 Å². The lowest BCUT2D eigenvalue weighted by atomic mass is 10.2. The first kappa shape index (κ1) is 18.4. The number of ether oxygens (including phenoxy) is 3. The standard InChI is InChI=1S/C15H21N3O3.HI/c1-19-11-6-7-14(20-2)13(9-11)18-15(16)17-10-12-5-3-4-8-21-12;/h4,6-9,12H,3,5,10H2,1-2H3,(H3,16,17,18);1H. The number of halogens is 1. The molecule has 1 aliphatic rings. The number of nitrogens with zero attached hydrogens (tertiary/aromatic N) is 1. The maximum Gasteiger partial charge on any atom is 0.193 e. The van der Waals surface area contributed by atoms with Crippen LogP contribution in [0.2, 0.25) is 0 Å². The van der Waals surface area contributed by atoms with E-state index < -0.39 is 0 Å². The Labute approximate surface area is 147 Å². The zero-order valence-corrected chi connectivity index (χ0v) is 15.1. The normalized spacial score (nSPS) is 17.2. The SMILES string of the molecule is COc1ccc(OC)c(NC(N)=NCC2CCC=CO2)c1.I. The summed E-state index contributed by atoms with van der Waals surface area (Å²) in [5.74, 6) is 1.71. The number of hydrogen-bond donors (Lipinski definition) is 2. The molecule has 0 saturated carbocycles. The van der Waals surface area contributed by atoms with Crippen molar-refractivity contribution in [3.8, 4) is 11.5 Å². The number of guanidine groups is 1. The zero-order chi connectivity index (χ0) is 15.1. The smallest absolute Gasteiger partial charge is 0.193 e. The highest BCUT2D eigenvalue weighted by molar-refractivity contribution is 14.0. The predicted octanol–water partition coefficient (Wildman–Crippen LogP) is 2.74. The summed E-state index contributed by atoms with van der Waals surface area (Å²) in [4.78, 5) is 4.30. The minimum absolute atomic E-state index is 0. The fourth-order valence-electron chi connectivity index (χ4n) is 2.01. The minimum Gasteiger partial charge on any atom is -0.497 e. The number of nitrogens with one attached hydrogen (secondary N) is 1. The zero-order valence-electron chi connectivity index (χ0n) is 12.7. The summed E-state index contributed by atoms with van der Waals surface area (Å²) in [6, 6.07) is 5.43. The average Bonchev–Trinajstić information content (AvgIpc) is 2.54. The van der Waals surface area contributed by atoms with Crippen molar-refractivity contribution in [2.75, 3.05) is 26.1 Å². The first-order chi connectivity index (χ1) is 10.2. The van der Waals surface area contributed by atoms with Crippen LogP contribution in [0.4, 0.5) is 5.69 Å². The molecule has 22 heavy (non-hydrogen) atoms. The Morgan fingerprint density at radius 2 is 2.23 bits per heavy atom. The van der Waals surface area contributed by atoms with Gasteiger partial charge in [0.15, 0.2) is 5.96 Å². The van der Waals surface area contributed by atoms with Gasteiger partial charge in [-0.1, -0.05) is 0 Å². The van der Waals surface area contributed by atoms with Crippen molar-refractivity contribution < 1.29 is 14.2 Å². The Morgan fingerprint density at radius 1 is 1.41 bits per heavy atom. The number of aliphatic imine (C=N–C) groups is 1. The van der Waals surface area contributed by atoms with Crippen molar-refractivity contribution in [3.05, 3.63) is 30.5 Å². The molecule has 0 bridgehead atoms. The molecule has 1 atom stereocenters. The molecule has 122 valence electrons. The van der Waals surface area contributed by atoms with Gasteiger partial charge in [-0.25, -0.2) is 4.99 Å². The third-order valence-electron chi connectivity index (χ3n) is 3.16. The van der Waals surface area contributed by atoms with Crippen molar-refractivity contribution in [1.82, 2.24) is 0 Å². The van der Waals surface area contributed by atoms with Crippen molar-refractivity contribution >= 4 is 35.6 Å². The molecule has 0 amide bonds. The molecule has 0 aromatic heterocycles. The second-order valence-corrected chi connectivity index (χ2v) is 4.62. The summed E-state index contributed by atoms with van der Waals surface area (Å²) in [7, 11) is 3.21. The third-order valence-corrected chi connectivity index (χ3v) is 3.16. The summed E-state index contributed by atoms with van der Waals surface area (Å²) in [5, 5.41) is 3.02. The molecule has 1 unspecified atom stereocenters. The molecule has 0 spiro atoms. The highest BCUT2D eigenvalue weighted by Crippen LogP contribution is 2.28. The summed E-state index contributed by atoms with van der Waals surface area (Å²) >= 11 is 0. The van der Waals surface area contributed by atoms with Crippen molar-refractivity contribution in [2.24, 2.45) is 10.7 Å². The van der Waals surface area contributed by atoms with E-state index in [1.165, 1.54) is 0 Å². The Balaban J connectivity index is 0.00000242. The molecule has 1 heterocycles. The quantitative estimate of drug-likeness (QED) is 0.436. The van der Waals surface area contributed by atoms with Crippen LogP contribution < -0.4 is 20.5 Å². The van der Waals surface area contributed by atoms with Crippen LogP contribution in [0, 0.1) is 0 Å². The third kappa shape index (κ3) is 5.28. The van der Waals surface area contributed by atoms with Gasteiger partial charge in [-0.15, -0.1) is 24.0 Å². The van der Waals surface area contributed by atoms with Crippen LogP contribution >= 0.6 is 24.0 Å². The van der Waals surface area contributed by atoms with Gasteiger partial charge in [0.1, 0.15) is 17.6 Å². The second-order valence-electron chi connectivity index (χ2n) is 4.62. The van der Waals surface area contributed by atoms with Gasteiger partial charge in [0.05, 0.1) is 32.7 Å². The first-order valence-corrected chi connectivity index (χ1v) is 6.82. The van der Waals surface area contributed by atoms with Gasteiger partial charge in [-0.2, -0.15) is 0 Å². The molecule has 0 saturated heterocycles. The summed E-state index contributed by atoms with van der Waals surface area (Å²) in [5.41, 5.74) is 6.62. The van der Waals surface area contributed by atoms with E-state index in [9.17, 15) is 0 Å². The van der Waals surface area contributed by atoms with Gasteiger partial charge in [0.2, 0.25) is 0 Å². The van der Waals surface area contributed by atoms with Crippen LogP contribution in [0.1, 0.15) is 12.8 Å². The monoisotopic (exact) mass is 419 g/mol. The molecule has 2 rings (SSSR count). The highest BCUT2D eigenvalue weighted by Gasteiger charge is 2.11. The largest absolute Gasteiger partial charge is 0.497 e. The van der Waals surface area contributed by atoms with E-state index in [-0.39, 0.29) is 30.1 Å². The maximum absolute atomic E-state index is 5.91. The summed E-state index contributed by atoms with van der Waals surface area (Å²) in [6.07, 6.45) is 5.77. The number of rotatable bonds is 5. The van der Waals surface area contributed by atoms with Gasteiger partial charge in [0, 0.05) is 6.07 Å². The molecule has 0 fully saturated rings. The number of benzene rings is 1. The Kier molecular flexibility index (Phi) is 7.86. The van der Waals surface area contributed by atoms with Crippen LogP contribution in [-0.4, -0.2) is 32.8 Å². The topological polar surface area (TPSA) is 78.1 Å². The molecule has 1 aliphatic heterocycles. The van der Waals surface area contributed by atoms with Gasteiger partial charge in [-0.05, 0) is 31.1 Å². The number of nitrogens with two attached hydrogens (primary N) is 1. The Hall–Kier alpha value is -1.64. The van der Waals surface area contributed by atoms with E-state index >= 15 is 0 Å². The number of hydrogen-bond acceptors (Lipinski definition) is 4. The Bertz CT molecular complexity index is 535. The van der Waals surface area contributed by atoms with E-state index in [1.807, 2.05) is 18.2 Å². The van der Waals surface area contributed by atoms with Crippen molar-refractivity contribution in [3.63, 3.8) is 0 Å². The van der Waals surface area contributed by atoms with Crippen LogP contribution in [0.15, 0.2) is 35.5 Å². The molecule has 6 nitrogen and oxygen atoms in total. The second kappa shape index (κ2) is 9.39. The van der Waals surface area contributed by atoms with Crippen LogP contribution in [0.25, 0.3) is 0 Å². The van der Waals surface area contributed by atoms with E-state index in [0.717, 1.165) is 12.8 Å². The molecule has 1 aromatic carbocycles.